The van der Waals surface area contributed by atoms with Gasteiger partial charge in [0.05, 0.1) is 11.7 Å². The highest BCUT2D eigenvalue weighted by Crippen LogP contribution is 2.22. The van der Waals surface area contributed by atoms with E-state index in [2.05, 4.69) is 11.0 Å². The van der Waals surface area contributed by atoms with Crippen LogP contribution in [0.1, 0.15) is 26.3 Å². The average Bonchev–Trinajstić information content (AvgIpc) is 2.59. The maximum Gasteiger partial charge on any atom is 0.264 e. The number of rotatable bonds is 6. The number of piperazine rings is 1. The molecule has 2 unspecified atom stereocenters. The lowest BCUT2D eigenvalue weighted by Crippen LogP contribution is -2.54. The second-order valence-electron chi connectivity index (χ2n) is 6.87. The molecule has 6 heteroatoms. The van der Waals surface area contributed by atoms with E-state index in [9.17, 15) is 15.2 Å². The minimum absolute atomic E-state index is 0.00487. The van der Waals surface area contributed by atoms with Crippen molar-refractivity contribution in [3.63, 3.8) is 0 Å². The maximum absolute atomic E-state index is 12.9. The molecular weight excluding hydrogens is 318 g/mol. The summed E-state index contributed by atoms with van der Waals surface area (Å²) >= 11 is 0. The number of aliphatic hydroxyl groups is 1. The Morgan fingerprint density at radius 2 is 1.88 bits per heavy atom. The van der Waals surface area contributed by atoms with Crippen LogP contribution in [0.3, 0.4) is 0 Å². The first-order chi connectivity index (χ1) is 11.9. The zero-order valence-electron chi connectivity index (χ0n) is 15.2. The van der Waals surface area contributed by atoms with E-state index in [4.69, 9.17) is 4.74 Å². The first-order valence-corrected chi connectivity index (χ1v) is 8.77. The van der Waals surface area contributed by atoms with Crippen LogP contribution in [-0.2, 0) is 4.79 Å². The molecule has 1 fully saturated rings. The monoisotopic (exact) mass is 345 g/mol. The molecule has 0 spiro atoms. The second kappa shape index (κ2) is 8.84. The smallest absolute Gasteiger partial charge is 0.264 e. The number of aliphatic hydroxyl groups excluding tert-OH is 1. The molecular formula is C19H27N3O3. The van der Waals surface area contributed by atoms with Crippen LogP contribution < -0.4 is 4.74 Å². The van der Waals surface area contributed by atoms with Crippen molar-refractivity contribution in [3.05, 3.63) is 29.8 Å². The Balaban J connectivity index is 2.03. The summed E-state index contributed by atoms with van der Waals surface area (Å²) in [4.78, 5) is 16.9. The zero-order chi connectivity index (χ0) is 18.4. The molecule has 1 saturated heterocycles. The molecule has 136 valence electrons. The largest absolute Gasteiger partial charge is 0.479 e. The third kappa shape index (κ3) is 5.18. The molecule has 0 radical (unpaired) electrons. The van der Waals surface area contributed by atoms with Gasteiger partial charge in [-0.05, 0) is 25.0 Å². The van der Waals surface area contributed by atoms with Crippen molar-refractivity contribution >= 4 is 5.91 Å². The molecule has 1 amide bonds. The quantitative estimate of drug-likeness (QED) is 0.845. The van der Waals surface area contributed by atoms with Crippen LogP contribution in [0.15, 0.2) is 24.3 Å². The van der Waals surface area contributed by atoms with E-state index in [0.29, 0.717) is 30.9 Å². The molecule has 1 aromatic rings. The Labute approximate surface area is 149 Å². The van der Waals surface area contributed by atoms with Crippen molar-refractivity contribution in [1.29, 1.82) is 5.26 Å². The fraction of sp³-hybridized carbons (Fsp3) is 0.579. The van der Waals surface area contributed by atoms with E-state index in [1.54, 1.807) is 31.2 Å². The van der Waals surface area contributed by atoms with Crippen LogP contribution in [0.4, 0.5) is 0 Å². The van der Waals surface area contributed by atoms with E-state index in [1.807, 2.05) is 18.7 Å². The molecule has 1 heterocycles. The van der Waals surface area contributed by atoms with Gasteiger partial charge in [-0.1, -0.05) is 26.0 Å². The number of nitriles is 1. The Hall–Kier alpha value is -2.10. The van der Waals surface area contributed by atoms with Gasteiger partial charge in [0.25, 0.3) is 5.91 Å². The van der Waals surface area contributed by atoms with Gasteiger partial charge < -0.3 is 14.7 Å². The number of benzene rings is 1. The van der Waals surface area contributed by atoms with Gasteiger partial charge >= 0.3 is 0 Å². The number of nitrogens with zero attached hydrogens (tertiary/aromatic N) is 3. The first kappa shape index (κ1) is 19.2. The summed E-state index contributed by atoms with van der Waals surface area (Å²) < 4.78 is 5.94. The standard InChI is InChI=1S/C19H27N3O3/c1-14(2)18(25-17-7-5-4-6-16(17)12-20)19(24)22-10-8-21(9-11-22)13-15(3)23/h4-7,14-15,18,23H,8-11,13H2,1-3H3. The summed E-state index contributed by atoms with van der Waals surface area (Å²) in [5.41, 5.74) is 0.433. The highest BCUT2D eigenvalue weighted by molar-refractivity contribution is 5.81. The zero-order valence-corrected chi connectivity index (χ0v) is 15.2. The molecule has 1 aromatic carbocycles. The summed E-state index contributed by atoms with van der Waals surface area (Å²) in [6, 6.07) is 9.09. The van der Waals surface area contributed by atoms with Crippen LogP contribution >= 0.6 is 0 Å². The van der Waals surface area contributed by atoms with Gasteiger partial charge in [0.2, 0.25) is 0 Å². The van der Waals surface area contributed by atoms with Gasteiger partial charge in [0, 0.05) is 32.7 Å². The Morgan fingerprint density at radius 3 is 2.44 bits per heavy atom. The lowest BCUT2D eigenvalue weighted by molar-refractivity contribution is -0.142. The molecule has 0 aliphatic carbocycles. The Bertz CT molecular complexity index is 617. The summed E-state index contributed by atoms with van der Waals surface area (Å²) in [5.74, 6) is 0.402. The van der Waals surface area contributed by atoms with Crippen LogP contribution in [0, 0.1) is 17.2 Å². The number of carbonyl (C=O) groups excluding carboxylic acids is 1. The molecule has 1 aliphatic heterocycles. The Morgan fingerprint density at radius 1 is 1.24 bits per heavy atom. The third-order valence-electron chi connectivity index (χ3n) is 4.32. The third-order valence-corrected chi connectivity index (χ3v) is 4.32. The molecule has 1 aliphatic rings. The molecule has 0 saturated carbocycles. The summed E-state index contributed by atoms with van der Waals surface area (Å²) in [6.45, 7) is 9.03. The second-order valence-corrected chi connectivity index (χ2v) is 6.87. The average molecular weight is 345 g/mol. The number of amides is 1. The van der Waals surface area contributed by atoms with Gasteiger partial charge in [-0.2, -0.15) is 5.26 Å². The minimum Gasteiger partial charge on any atom is -0.479 e. The number of ether oxygens (including phenoxy) is 1. The van der Waals surface area contributed by atoms with Gasteiger partial charge in [0.1, 0.15) is 11.8 Å². The predicted octanol–water partition coefficient (Wildman–Crippen LogP) is 1.49. The predicted molar refractivity (Wildman–Crippen MR) is 95.1 cm³/mol. The Kier molecular flexibility index (Phi) is 6.80. The van der Waals surface area contributed by atoms with Crippen molar-refractivity contribution in [2.45, 2.75) is 33.0 Å². The SMILES string of the molecule is CC(O)CN1CCN(C(=O)C(Oc2ccccc2C#N)C(C)C)CC1. The van der Waals surface area contributed by atoms with Crippen molar-refractivity contribution in [2.24, 2.45) is 5.92 Å². The van der Waals surface area contributed by atoms with Crippen LogP contribution in [-0.4, -0.2) is 65.7 Å². The van der Waals surface area contributed by atoms with Gasteiger partial charge in [0.15, 0.2) is 6.10 Å². The van der Waals surface area contributed by atoms with Gasteiger partial charge in [-0.3, -0.25) is 9.69 Å². The van der Waals surface area contributed by atoms with E-state index >= 15 is 0 Å². The van der Waals surface area contributed by atoms with Crippen molar-refractivity contribution < 1.29 is 14.6 Å². The van der Waals surface area contributed by atoms with Crippen LogP contribution in [0.5, 0.6) is 5.75 Å². The fourth-order valence-electron chi connectivity index (χ4n) is 2.97. The molecule has 0 bridgehead atoms. The molecule has 1 N–H and O–H groups in total. The molecule has 6 nitrogen and oxygen atoms in total. The van der Waals surface area contributed by atoms with Crippen LogP contribution in [0.25, 0.3) is 0 Å². The number of β-amino-alcohol motifs (C(OH)–C–C–N with tert-alkyl or cyclic N) is 1. The number of carbonyl (C=O) groups is 1. The molecule has 0 aromatic heterocycles. The van der Waals surface area contributed by atoms with Crippen molar-refractivity contribution in [2.75, 3.05) is 32.7 Å². The highest BCUT2D eigenvalue weighted by Gasteiger charge is 2.31. The normalized spacial score (nSPS) is 17.8. The highest BCUT2D eigenvalue weighted by atomic mass is 16.5. The van der Waals surface area contributed by atoms with Crippen molar-refractivity contribution in [1.82, 2.24) is 9.80 Å². The van der Waals surface area contributed by atoms with E-state index in [-0.39, 0.29) is 17.9 Å². The maximum atomic E-state index is 12.9. The van der Waals surface area contributed by atoms with Gasteiger partial charge in [-0.25, -0.2) is 0 Å². The topological polar surface area (TPSA) is 76.8 Å². The van der Waals surface area contributed by atoms with Crippen molar-refractivity contribution in [3.8, 4) is 11.8 Å². The summed E-state index contributed by atoms with van der Waals surface area (Å²) in [7, 11) is 0. The molecule has 2 rings (SSSR count). The number of hydrogen-bond acceptors (Lipinski definition) is 5. The summed E-state index contributed by atoms with van der Waals surface area (Å²) in [6.07, 6.45) is -0.978. The molecule has 2 atom stereocenters. The minimum atomic E-state index is -0.613. The lowest BCUT2D eigenvalue weighted by Gasteiger charge is -2.37. The van der Waals surface area contributed by atoms with Crippen LogP contribution in [0.2, 0.25) is 0 Å². The first-order valence-electron chi connectivity index (χ1n) is 8.77. The number of hydrogen-bond donors (Lipinski definition) is 1. The molecule has 25 heavy (non-hydrogen) atoms. The lowest BCUT2D eigenvalue weighted by atomic mass is 10.0. The van der Waals surface area contributed by atoms with E-state index in [0.717, 1.165) is 13.1 Å². The number of para-hydroxylation sites is 1. The summed E-state index contributed by atoms with van der Waals surface area (Å²) in [5, 5.41) is 18.7. The fourth-order valence-corrected chi connectivity index (χ4v) is 2.97. The van der Waals surface area contributed by atoms with Gasteiger partial charge in [-0.15, -0.1) is 0 Å². The van der Waals surface area contributed by atoms with E-state index < -0.39 is 6.10 Å². The van der Waals surface area contributed by atoms with E-state index in [1.165, 1.54) is 0 Å².